The van der Waals surface area contributed by atoms with Gasteiger partial charge in [-0.2, -0.15) is 5.10 Å². The average molecular weight is 334 g/mol. The fourth-order valence-electron chi connectivity index (χ4n) is 1.67. The molecule has 118 valence electrons. The van der Waals surface area contributed by atoms with Gasteiger partial charge in [0.25, 0.3) is 5.22 Å². The molecule has 0 aliphatic carbocycles. The molecule has 0 aliphatic rings. The molecule has 0 bridgehead atoms. The molecular formula is C13H11FN6O2S. The Morgan fingerprint density at radius 1 is 1.30 bits per heavy atom. The second kappa shape index (κ2) is 7.01. The van der Waals surface area contributed by atoms with Crippen LogP contribution in [0.1, 0.15) is 5.89 Å². The van der Waals surface area contributed by atoms with Gasteiger partial charge in [0.05, 0.1) is 5.75 Å². The van der Waals surface area contributed by atoms with Gasteiger partial charge in [0.1, 0.15) is 25.0 Å². The molecule has 1 N–H and O–H groups in total. The second-order valence-electron chi connectivity index (χ2n) is 4.40. The summed E-state index contributed by atoms with van der Waals surface area (Å²) in [7, 11) is 0. The smallest absolute Gasteiger partial charge is 0.277 e. The zero-order valence-corrected chi connectivity index (χ0v) is 12.5. The van der Waals surface area contributed by atoms with E-state index in [-0.39, 0.29) is 22.7 Å². The first-order valence-electron chi connectivity index (χ1n) is 6.52. The molecule has 0 saturated heterocycles. The van der Waals surface area contributed by atoms with Gasteiger partial charge in [0.2, 0.25) is 11.8 Å². The highest BCUT2D eigenvalue weighted by molar-refractivity contribution is 7.99. The minimum atomic E-state index is -0.358. The number of benzene rings is 1. The molecule has 0 atom stereocenters. The minimum absolute atomic E-state index is 0.0995. The predicted octanol–water partition coefficient (Wildman–Crippen LogP) is 1.58. The summed E-state index contributed by atoms with van der Waals surface area (Å²) in [5.41, 5.74) is 0.523. The van der Waals surface area contributed by atoms with E-state index in [0.717, 1.165) is 11.8 Å². The van der Waals surface area contributed by atoms with Crippen molar-refractivity contribution in [3.05, 3.63) is 48.6 Å². The van der Waals surface area contributed by atoms with E-state index < -0.39 is 0 Å². The van der Waals surface area contributed by atoms with Gasteiger partial charge < -0.3 is 9.73 Å². The van der Waals surface area contributed by atoms with Gasteiger partial charge in [0, 0.05) is 5.69 Å². The highest BCUT2D eigenvalue weighted by atomic mass is 32.2. The third-order valence-corrected chi connectivity index (χ3v) is 3.49. The van der Waals surface area contributed by atoms with Crippen LogP contribution < -0.4 is 5.32 Å². The van der Waals surface area contributed by atoms with Gasteiger partial charge in [0.15, 0.2) is 0 Å². The van der Waals surface area contributed by atoms with Crippen molar-refractivity contribution < 1.29 is 13.6 Å². The van der Waals surface area contributed by atoms with Crippen LogP contribution in [0.15, 0.2) is 46.6 Å². The van der Waals surface area contributed by atoms with Crippen molar-refractivity contribution in [3.63, 3.8) is 0 Å². The summed E-state index contributed by atoms with van der Waals surface area (Å²) in [4.78, 5) is 15.6. The Morgan fingerprint density at radius 3 is 2.87 bits per heavy atom. The predicted molar refractivity (Wildman–Crippen MR) is 79.2 cm³/mol. The van der Waals surface area contributed by atoms with Crippen LogP contribution in [0, 0.1) is 5.82 Å². The Balaban J connectivity index is 1.49. The molecule has 2 heterocycles. The Kier molecular flexibility index (Phi) is 4.62. The summed E-state index contributed by atoms with van der Waals surface area (Å²) in [6, 6.07) is 5.52. The quantitative estimate of drug-likeness (QED) is 0.683. The third kappa shape index (κ3) is 4.36. The molecule has 0 unspecified atom stereocenters. The van der Waals surface area contributed by atoms with E-state index in [1.807, 2.05) is 0 Å². The highest BCUT2D eigenvalue weighted by Crippen LogP contribution is 2.17. The zero-order chi connectivity index (χ0) is 16.1. The van der Waals surface area contributed by atoms with Crippen LogP contribution in [0.5, 0.6) is 0 Å². The van der Waals surface area contributed by atoms with E-state index in [1.165, 1.54) is 36.9 Å². The van der Waals surface area contributed by atoms with Gasteiger partial charge in [-0.05, 0) is 24.3 Å². The maximum atomic E-state index is 12.8. The number of nitrogens with one attached hydrogen (secondary N) is 1. The second-order valence-corrected chi connectivity index (χ2v) is 5.33. The number of hydrogen-bond acceptors (Lipinski definition) is 7. The number of carbonyl (C=O) groups is 1. The first-order valence-corrected chi connectivity index (χ1v) is 7.50. The highest BCUT2D eigenvalue weighted by Gasteiger charge is 2.10. The molecule has 1 amide bonds. The number of aromatic nitrogens is 5. The molecule has 0 saturated carbocycles. The van der Waals surface area contributed by atoms with E-state index >= 15 is 0 Å². The van der Waals surface area contributed by atoms with E-state index in [2.05, 4.69) is 25.6 Å². The Labute approximate surface area is 134 Å². The number of thioether (sulfide) groups is 1. The van der Waals surface area contributed by atoms with Crippen LogP contribution in [0.3, 0.4) is 0 Å². The summed E-state index contributed by atoms with van der Waals surface area (Å²) in [5.74, 6) is -0.139. The van der Waals surface area contributed by atoms with Crippen molar-refractivity contribution in [2.45, 2.75) is 11.8 Å². The average Bonchev–Trinajstić information content (AvgIpc) is 3.20. The van der Waals surface area contributed by atoms with Crippen LogP contribution >= 0.6 is 11.8 Å². The molecule has 3 aromatic rings. The molecule has 0 radical (unpaired) electrons. The van der Waals surface area contributed by atoms with Crippen LogP contribution in [-0.4, -0.2) is 36.6 Å². The van der Waals surface area contributed by atoms with Gasteiger partial charge in [-0.3, -0.25) is 4.79 Å². The lowest BCUT2D eigenvalue weighted by Crippen LogP contribution is -2.13. The molecular weight excluding hydrogens is 323 g/mol. The molecule has 3 rings (SSSR count). The summed E-state index contributed by atoms with van der Waals surface area (Å²) in [6.07, 6.45) is 2.94. The normalized spacial score (nSPS) is 10.7. The lowest BCUT2D eigenvalue weighted by molar-refractivity contribution is -0.113. The van der Waals surface area contributed by atoms with Crippen LogP contribution in [0.4, 0.5) is 10.1 Å². The van der Waals surface area contributed by atoms with Crippen molar-refractivity contribution in [2.24, 2.45) is 0 Å². The van der Waals surface area contributed by atoms with Gasteiger partial charge in [-0.1, -0.05) is 11.8 Å². The first kappa shape index (κ1) is 15.2. The fourth-order valence-corrected chi connectivity index (χ4v) is 2.25. The number of rotatable bonds is 6. The van der Waals surface area contributed by atoms with Crippen LogP contribution in [0.2, 0.25) is 0 Å². The lowest BCUT2D eigenvalue weighted by atomic mass is 10.3. The summed E-state index contributed by atoms with van der Waals surface area (Å²) in [5, 5.41) is 14.6. The molecule has 23 heavy (non-hydrogen) atoms. The number of halogens is 1. The lowest BCUT2D eigenvalue weighted by Gasteiger charge is -2.03. The number of anilines is 1. The standard InChI is InChI=1S/C13H11FN6O2S/c14-9-1-3-10(4-2-9)17-11(21)6-23-13-19-18-12(22-13)5-20-8-15-7-16-20/h1-4,7-8H,5-6H2,(H,17,21). The van der Waals surface area contributed by atoms with Gasteiger partial charge >= 0.3 is 0 Å². The van der Waals surface area contributed by atoms with E-state index in [4.69, 9.17) is 4.42 Å². The number of carbonyl (C=O) groups excluding carboxylic acids is 1. The molecule has 10 heteroatoms. The van der Waals surface area contributed by atoms with Crippen molar-refractivity contribution in [3.8, 4) is 0 Å². The largest absolute Gasteiger partial charge is 0.414 e. The van der Waals surface area contributed by atoms with E-state index in [1.54, 1.807) is 4.68 Å². The monoisotopic (exact) mass is 334 g/mol. The van der Waals surface area contributed by atoms with Gasteiger partial charge in [-0.25, -0.2) is 14.1 Å². The van der Waals surface area contributed by atoms with Crippen molar-refractivity contribution in [2.75, 3.05) is 11.1 Å². The minimum Gasteiger partial charge on any atom is -0.414 e. The number of amides is 1. The van der Waals surface area contributed by atoms with E-state index in [0.29, 0.717) is 18.1 Å². The van der Waals surface area contributed by atoms with Crippen molar-refractivity contribution >= 4 is 23.4 Å². The zero-order valence-electron chi connectivity index (χ0n) is 11.7. The Morgan fingerprint density at radius 2 is 2.13 bits per heavy atom. The molecule has 8 nitrogen and oxygen atoms in total. The Bertz CT molecular complexity index is 774. The third-order valence-electron chi connectivity index (χ3n) is 2.67. The Hall–Kier alpha value is -2.75. The number of hydrogen-bond donors (Lipinski definition) is 1. The van der Waals surface area contributed by atoms with E-state index in [9.17, 15) is 9.18 Å². The number of nitrogens with zero attached hydrogens (tertiary/aromatic N) is 5. The van der Waals surface area contributed by atoms with Crippen LogP contribution in [-0.2, 0) is 11.3 Å². The van der Waals surface area contributed by atoms with Crippen molar-refractivity contribution in [1.29, 1.82) is 0 Å². The first-order chi connectivity index (χ1) is 11.2. The molecule has 0 spiro atoms. The molecule has 2 aromatic heterocycles. The van der Waals surface area contributed by atoms with Gasteiger partial charge in [-0.15, -0.1) is 10.2 Å². The molecule has 0 aliphatic heterocycles. The summed E-state index contributed by atoms with van der Waals surface area (Å²) < 4.78 is 19.7. The molecule has 0 fully saturated rings. The van der Waals surface area contributed by atoms with Crippen molar-refractivity contribution in [1.82, 2.24) is 25.0 Å². The van der Waals surface area contributed by atoms with Crippen LogP contribution in [0.25, 0.3) is 0 Å². The summed E-state index contributed by atoms with van der Waals surface area (Å²) in [6.45, 7) is 0.315. The molecule has 1 aromatic carbocycles. The summed E-state index contributed by atoms with van der Waals surface area (Å²) >= 11 is 1.11. The SMILES string of the molecule is O=C(CSc1nnc(Cn2cncn2)o1)Nc1ccc(F)cc1. The maximum Gasteiger partial charge on any atom is 0.277 e. The topological polar surface area (TPSA) is 98.7 Å². The fraction of sp³-hybridized carbons (Fsp3) is 0.154. The maximum absolute atomic E-state index is 12.8.